The summed E-state index contributed by atoms with van der Waals surface area (Å²) < 4.78 is 5.70. The fourth-order valence-corrected chi connectivity index (χ4v) is 2.32. The molecule has 2 aromatic carbocycles. The number of hydrogen-bond acceptors (Lipinski definition) is 3. The van der Waals surface area contributed by atoms with Gasteiger partial charge in [0.2, 0.25) is 0 Å². The zero-order valence-corrected chi connectivity index (χ0v) is 11.1. The molecule has 0 saturated carbocycles. The minimum Gasteiger partial charge on any atom is -0.508 e. The molecule has 1 atom stereocenters. The third-order valence-corrected chi connectivity index (χ3v) is 3.29. The molecule has 20 heavy (non-hydrogen) atoms. The second-order valence-corrected chi connectivity index (χ2v) is 4.97. The molecule has 4 nitrogen and oxygen atoms in total. The Bertz CT molecular complexity index is 667. The molecule has 1 aliphatic heterocycles. The van der Waals surface area contributed by atoms with Crippen LogP contribution >= 0.6 is 0 Å². The molecule has 0 aromatic heterocycles. The van der Waals surface area contributed by atoms with Crippen molar-refractivity contribution >= 4 is 11.6 Å². The Kier molecular flexibility index (Phi) is 3.06. The fraction of sp³-hybridized carbons (Fsp3) is 0.188. The van der Waals surface area contributed by atoms with E-state index >= 15 is 0 Å². The molecular formula is C16H15NO3. The van der Waals surface area contributed by atoms with Crippen LogP contribution in [0.5, 0.6) is 11.5 Å². The molecule has 0 radical (unpaired) electrons. The lowest BCUT2D eigenvalue weighted by molar-refractivity contribution is -0.123. The van der Waals surface area contributed by atoms with Crippen LogP contribution < -0.4 is 10.1 Å². The number of aryl methyl sites for hydroxylation is 1. The predicted molar refractivity (Wildman–Crippen MR) is 76.0 cm³/mol. The largest absolute Gasteiger partial charge is 0.508 e. The van der Waals surface area contributed by atoms with E-state index in [1.165, 1.54) is 12.1 Å². The van der Waals surface area contributed by atoms with Gasteiger partial charge in [-0.3, -0.25) is 4.79 Å². The Balaban J connectivity index is 1.83. The van der Waals surface area contributed by atoms with Crippen molar-refractivity contribution < 1.29 is 14.6 Å². The first-order valence-corrected chi connectivity index (χ1v) is 6.48. The number of amides is 1. The molecule has 0 saturated heterocycles. The summed E-state index contributed by atoms with van der Waals surface area (Å²) in [4.78, 5) is 12.0. The van der Waals surface area contributed by atoms with Crippen molar-refractivity contribution in [1.82, 2.24) is 0 Å². The van der Waals surface area contributed by atoms with E-state index in [2.05, 4.69) is 5.32 Å². The highest BCUT2D eigenvalue weighted by Crippen LogP contribution is 2.33. The molecule has 0 fully saturated rings. The fourth-order valence-electron chi connectivity index (χ4n) is 2.32. The number of benzene rings is 2. The quantitative estimate of drug-likeness (QED) is 0.824. The second-order valence-electron chi connectivity index (χ2n) is 4.97. The summed E-state index contributed by atoms with van der Waals surface area (Å²) in [6, 6.07) is 12.6. The van der Waals surface area contributed by atoms with Crippen LogP contribution in [0.4, 0.5) is 5.69 Å². The number of carbonyl (C=O) groups excluding carboxylic acids is 1. The zero-order chi connectivity index (χ0) is 14.1. The molecule has 1 heterocycles. The van der Waals surface area contributed by atoms with E-state index in [1.54, 1.807) is 6.07 Å². The topological polar surface area (TPSA) is 58.6 Å². The normalized spacial score (nSPS) is 17.1. The monoisotopic (exact) mass is 269 g/mol. The number of anilines is 1. The third-order valence-electron chi connectivity index (χ3n) is 3.29. The molecular weight excluding hydrogens is 254 g/mol. The van der Waals surface area contributed by atoms with Crippen LogP contribution in [-0.4, -0.2) is 17.1 Å². The first-order valence-electron chi connectivity index (χ1n) is 6.48. The van der Waals surface area contributed by atoms with Gasteiger partial charge in [0.1, 0.15) is 11.5 Å². The van der Waals surface area contributed by atoms with Crippen LogP contribution in [0.25, 0.3) is 0 Å². The molecule has 1 aliphatic rings. The summed E-state index contributed by atoms with van der Waals surface area (Å²) in [5.41, 5.74) is 2.79. The van der Waals surface area contributed by atoms with Crippen molar-refractivity contribution in [2.24, 2.45) is 0 Å². The van der Waals surface area contributed by atoms with Crippen LogP contribution in [0.3, 0.4) is 0 Å². The summed E-state index contributed by atoms with van der Waals surface area (Å²) >= 11 is 0. The Morgan fingerprint density at radius 3 is 2.90 bits per heavy atom. The van der Waals surface area contributed by atoms with E-state index in [4.69, 9.17) is 4.74 Å². The molecule has 0 aliphatic carbocycles. The molecule has 4 heteroatoms. The zero-order valence-electron chi connectivity index (χ0n) is 11.1. The Hall–Kier alpha value is -2.49. The molecule has 0 bridgehead atoms. The highest BCUT2D eigenvalue weighted by molar-refractivity contribution is 5.98. The average molecular weight is 269 g/mol. The number of aromatic hydroxyl groups is 1. The summed E-state index contributed by atoms with van der Waals surface area (Å²) in [5, 5.41) is 12.3. The SMILES string of the molecule is Cc1cccc(CC2Oc3cc(O)ccc3NC2=O)c1. The van der Waals surface area contributed by atoms with Crippen LogP contribution in [-0.2, 0) is 11.2 Å². The molecule has 1 amide bonds. The summed E-state index contributed by atoms with van der Waals surface area (Å²) in [6.45, 7) is 2.01. The third kappa shape index (κ3) is 2.45. The van der Waals surface area contributed by atoms with Crippen molar-refractivity contribution in [2.45, 2.75) is 19.4 Å². The van der Waals surface area contributed by atoms with Gasteiger partial charge < -0.3 is 15.2 Å². The van der Waals surface area contributed by atoms with E-state index in [0.717, 1.165) is 11.1 Å². The van der Waals surface area contributed by atoms with Gasteiger partial charge in [-0.25, -0.2) is 0 Å². The van der Waals surface area contributed by atoms with E-state index in [-0.39, 0.29) is 11.7 Å². The van der Waals surface area contributed by atoms with Crippen molar-refractivity contribution in [3.05, 3.63) is 53.6 Å². The van der Waals surface area contributed by atoms with Gasteiger partial charge in [0, 0.05) is 12.5 Å². The molecule has 3 rings (SSSR count). The maximum atomic E-state index is 12.0. The number of carbonyl (C=O) groups is 1. The Morgan fingerprint density at radius 1 is 1.25 bits per heavy atom. The van der Waals surface area contributed by atoms with Gasteiger partial charge in [0.15, 0.2) is 6.10 Å². The molecule has 2 N–H and O–H groups in total. The number of phenols is 1. The summed E-state index contributed by atoms with van der Waals surface area (Å²) in [5.74, 6) is 0.459. The minimum absolute atomic E-state index is 0.120. The molecule has 2 aromatic rings. The average Bonchev–Trinajstić information content (AvgIpc) is 2.40. The lowest BCUT2D eigenvalue weighted by atomic mass is 10.0. The van der Waals surface area contributed by atoms with Crippen molar-refractivity contribution in [2.75, 3.05) is 5.32 Å². The van der Waals surface area contributed by atoms with Gasteiger partial charge in [-0.2, -0.15) is 0 Å². The Morgan fingerprint density at radius 2 is 2.10 bits per heavy atom. The van der Waals surface area contributed by atoms with E-state index < -0.39 is 6.10 Å². The maximum absolute atomic E-state index is 12.0. The number of fused-ring (bicyclic) bond motifs is 1. The first-order chi connectivity index (χ1) is 9.61. The standard InChI is InChI=1S/C16H15NO3/c1-10-3-2-4-11(7-10)8-15-16(19)17-13-6-5-12(18)9-14(13)20-15/h2-7,9,15,18H,8H2,1H3,(H,17,19). The molecule has 102 valence electrons. The first kappa shape index (κ1) is 12.5. The molecule has 1 unspecified atom stereocenters. The minimum atomic E-state index is -0.578. The van der Waals surface area contributed by atoms with Gasteiger partial charge in [0.25, 0.3) is 5.91 Å². The van der Waals surface area contributed by atoms with Crippen LogP contribution in [0, 0.1) is 6.92 Å². The number of phenolic OH excluding ortho intramolecular Hbond substituents is 1. The van der Waals surface area contributed by atoms with Crippen molar-refractivity contribution in [3.8, 4) is 11.5 Å². The van der Waals surface area contributed by atoms with Crippen LogP contribution in [0.2, 0.25) is 0 Å². The highest BCUT2D eigenvalue weighted by atomic mass is 16.5. The lowest BCUT2D eigenvalue weighted by Crippen LogP contribution is -2.38. The summed E-state index contributed by atoms with van der Waals surface area (Å²) in [7, 11) is 0. The number of hydrogen-bond donors (Lipinski definition) is 2. The highest BCUT2D eigenvalue weighted by Gasteiger charge is 2.27. The van der Waals surface area contributed by atoms with Gasteiger partial charge in [-0.05, 0) is 24.6 Å². The van der Waals surface area contributed by atoms with Gasteiger partial charge in [-0.15, -0.1) is 0 Å². The van der Waals surface area contributed by atoms with Crippen LogP contribution in [0.15, 0.2) is 42.5 Å². The van der Waals surface area contributed by atoms with Crippen molar-refractivity contribution in [1.29, 1.82) is 0 Å². The smallest absolute Gasteiger partial charge is 0.265 e. The predicted octanol–water partition coefficient (Wildman–Crippen LogP) is 2.64. The lowest BCUT2D eigenvalue weighted by Gasteiger charge is -2.26. The van der Waals surface area contributed by atoms with Crippen molar-refractivity contribution in [3.63, 3.8) is 0 Å². The van der Waals surface area contributed by atoms with E-state index in [0.29, 0.717) is 17.9 Å². The maximum Gasteiger partial charge on any atom is 0.265 e. The second kappa shape index (κ2) is 4.89. The van der Waals surface area contributed by atoms with Gasteiger partial charge in [-0.1, -0.05) is 29.8 Å². The molecule has 0 spiro atoms. The summed E-state index contributed by atoms with van der Waals surface area (Å²) in [6.07, 6.45) is -0.0751. The van der Waals surface area contributed by atoms with E-state index in [1.807, 2.05) is 31.2 Å². The number of ether oxygens (including phenoxy) is 1. The van der Waals surface area contributed by atoms with E-state index in [9.17, 15) is 9.90 Å². The van der Waals surface area contributed by atoms with Gasteiger partial charge in [0.05, 0.1) is 5.69 Å². The Labute approximate surface area is 117 Å². The van der Waals surface area contributed by atoms with Gasteiger partial charge >= 0.3 is 0 Å². The van der Waals surface area contributed by atoms with Crippen LogP contribution in [0.1, 0.15) is 11.1 Å². The number of rotatable bonds is 2. The number of nitrogens with one attached hydrogen (secondary N) is 1.